The van der Waals surface area contributed by atoms with Crippen LogP contribution in [0.2, 0.25) is 0 Å². The molecule has 0 aliphatic rings. The summed E-state index contributed by atoms with van der Waals surface area (Å²) in [5.41, 5.74) is 13.8. The summed E-state index contributed by atoms with van der Waals surface area (Å²) in [6.07, 6.45) is 8.32. The van der Waals surface area contributed by atoms with Crippen molar-refractivity contribution >= 4 is 47.2 Å². The van der Waals surface area contributed by atoms with Gasteiger partial charge in [-0.05, 0) is 36.4 Å². The van der Waals surface area contributed by atoms with Crippen LogP contribution in [-0.4, -0.2) is 38.9 Å². The van der Waals surface area contributed by atoms with Gasteiger partial charge in [-0.15, -0.1) is 0 Å². The number of anilines is 1. The number of hydrogen-bond donors (Lipinski definition) is 2. The zero-order valence-electron chi connectivity index (χ0n) is 24.0. The van der Waals surface area contributed by atoms with Gasteiger partial charge in [0.1, 0.15) is 11.4 Å². The minimum Gasteiger partial charge on any atom is -0.382 e. The third kappa shape index (κ3) is 7.21. The van der Waals surface area contributed by atoms with Crippen LogP contribution in [0.25, 0.3) is 28.7 Å². The van der Waals surface area contributed by atoms with E-state index in [9.17, 15) is 9.59 Å². The SMILES string of the molecule is C=C/C=N\c1c(C=O)c(N)nn1C.CCc1nc2cccc(/C=C/c3ccccc3)c2c(=O)n1-c1ccccc1.CN. The quantitative estimate of drug-likeness (QED) is 0.155. The van der Waals surface area contributed by atoms with Gasteiger partial charge in [0.05, 0.1) is 16.6 Å². The molecule has 9 nitrogen and oxygen atoms in total. The zero-order valence-corrected chi connectivity index (χ0v) is 24.0. The summed E-state index contributed by atoms with van der Waals surface area (Å²) in [5, 5.41) is 4.49. The van der Waals surface area contributed by atoms with Crippen molar-refractivity contribution in [3.8, 4) is 5.69 Å². The lowest BCUT2D eigenvalue weighted by Gasteiger charge is -2.13. The largest absolute Gasteiger partial charge is 0.382 e. The number of nitrogens with two attached hydrogens (primary N) is 2. The first-order valence-electron chi connectivity index (χ1n) is 13.3. The number of nitrogens with zero attached hydrogens (tertiary/aromatic N) is 5. The van der Waals surface area contributed by atoms with Crippen LogP contribution >= 0.6 is 0 Å². The van der Waals surface area contributed by atoms with E-state index >= 15 is 0 Å². The number of hydrogen-bond acceptors (Lipinski definition) is 7. The number of carbonyl (C=O) groups excluding carboxylic acids is 1. The molecular weight excluding hydrogens is 526 g/mol. The van der Waals surface area contributed by atoms with E-state index in [1.807, 2.05) is 97.9 Å². The fraction of sp³-hybridized carbons (Fsp3) is 0.121. The molecule has 2 heterocycles. The fourth-order valence-corrected chi connectivity index (χ4v) is 4.21. The Balaban J connectivity index is 0.000000272. The van der Waals surface area contributed by atoms with Gasteiger partial charge in [0.2, 0.25) is 0 Å². The van der Waals surface area contributed by atoms with E-state index in [-0.39, 0.29) is 11.4 Å². The van der Waals surface area contributed by atoms with E-state index in [0.29, 0.717) is 29.5 Å². The second kappa shape index (κ2) is 15.4. The molecule has 0 aliphatic carbocycles. The molecule has 3 aromatic carbocycles. The van der Waals surface area contributed by atoms with Crippen LogP contribution in [0.5, 0.6) is 0 Å². The van der Waals surface area contributed by atoms with Gasteiger partial charge < -0.3 is 11.5 Å². The van der Waals surface area contributed by atoms with Crippen molar-refractivity contribution in [2.75, 3.05) is 12.8 Å². The maximum absolute atomic E-state index is 13.4. The highest BCUT2D eigenvalue weighted by Crippen LogP contribution is 2.21. The lowest BCUT2D eigenvalue weighted by molar-refractivity contribution is 0.112. The Morgan fingerprint density at radius 2 is 1.62 bits per heavy atom. The van der Waals surface area contributed by atoms with Crippen LogP contribution in [0.3, 0.4) is 0 Å². The van der Waals surface area contributed by atoms with Crippen molar-refractivity contribution in [3.63, 3.8) is 0 Å². The summed E-state index contributed by atoms with van der Waals surface area (Å²) in [6.45, 7) is 5.49. The second-order valence-corrected chi connectivity index (χ2v) is 8.72. The lowest BCUT2D eigenvalue weighted by atomic mass is 10.1. The topological polar surface area (TPSA) is 134 Å². The first kappa shape index (κ1) is 31.1. The van der Waals surface area contributed by atoms with Gasteiger partial charge >= 0.3 is 0 Å². The second-order valence-electron chi connectivity index (χ2n) is 8.72. The summed E-state index contributed by atoms with van der Waals surface area (Å²) in [4.78, 5) is 32.8. The summed E-state index contributed by atoms with van der Waals surface area (Å²) >= 11 is 0. The number of rotatable bonds is 7. The smallest absolute Gasteiger partial charge is 0.266 e. The summed E-state index contributed by atoms with van der Waals surface area (Å²) in [6, 6.07) is 25.6. The van der Waals surface area contributed by atoms with Gasteiger partial charge in [0.25, 0.3) is 5.56 Å². The Bertz CT molecular complexity index is 1750. The molecule has 0 amide bonds. The Hall–Kier alpha value is -5.41. The van der Waals surface area contributed by atoms with Crippen molar-refractivity contribution in [2.45, 2.75) is 13.3 Å². The van der Waals surface area contributed by atoms with Crippen molar-refractivity contribution in [1.29, 1.82) is 0 Å². The monoisotopic (exact) mass is 561 g/mol. The standard InChI is InChI=1S/C24H20N2O.C8H10N4O.CH5N/c1-2-22-25-21-15-9-12-19(17-16-18-10-5-3-6-11-18)23(21)24(27)26(22)20-13-7-4-8-14-20;1-3-4-10-8-6(5-13)7(9)11-12(8)2;1-2/h3-17H,2H2,1H3;3-5H,1H2,2H3,(H2,9,11);2H2,1H3/b17-16+;10-4-;. The number of aliphatic imine (C=N–C) groups is 1. The zero-order chi connectivity index (χ0) is 30.5. The number of nitrogen functional groups attached to an aromatic ring is 1. The van der Waals surface area contributed by atoms with Gasteiger partial charge in [-0.25, -0.2) is 14.7 Å². The number of fused-ring (bicyclic) bond motifs is 1. The molecule has 0 fully saturated rings. The van der Waals surface area contributed by atoms with E-state index in [0.717, 1.165) is 28.2 Å². The molecule has 2 aromatic heterocycles. The average molecular weight is 562 g/mol. The molecule has 9 heteroatoms. The van der Waals surface area contributed by atoms with Crippen LogP contribution in [0.1, 0.15) is 34.2 Å². The van der Waals surface area contributed by atoms with Gasteiger partial charge in [-0.2, -0.15) is 5.10 Å². The first-order valence-corrected chi connectivity index (χ1v) is 13.3. The van der Waals surface area contributed by atoms with Gasteiger partial charge in [0, 0.05) is 19.7 Å². The number of allylic oxidation sites excluding steroid dienone is 1. The number of aryl methyl sites for hydroxylation is 2. The summed E-state index contributed by atoms with van der Waals surface area (Å²) in [5.74, 6) is 1.39. The third-order valence-electron chi connectivity index (χ3n) is 6.09. The van der Waals surface area contributed by atoms with Crippen LogP contribution in [0.15, 0.2) is 101 Å². The molecule has 0 spiro atoms. The van der Waals surface area contributed by atoms with Gasteiger partial charge in [-0.1, -0.05) is 92.4 Å². The molecule has 0 saturated heterocycles. The van der Waals surface area contributed by atoms with E-state index in [4.69, 9.17) is 10.7 Å². The number of para-hydroxylation sites is 1. The van der Waals surface area contributed by atoms with E-state index in [1.165, 1.54) is 24.0 Å². The van der Waals surface area contributed by atoms with Crippen molar-refractivity contribution in [2.24, 2.45) is 17.8 Å². The minimum absolute atomic E-state index is 0.0311. The molecule has 5 aromatic rings. The Morgan fingerprint density at radius 1 is 0.952 bits per heavy atom. The maximum Gasteiger partial charge on any atom is 0.266 e. The molecule has 0 aliphatic heterocycles. The van der Waals surface area contributed by atoms with Crippen molar-refractivity contribution in [1.82, 2.24) is 19.3 Å². The molecule has 0 bridgehead atoms. The number of benzene rings is 3. The summed E-state index contributed by atoms with van der Waals surface area (Å²) in [7, 11) is 3.17. The molecule has 4 N–H and O–H groups in total. The molecule has 5 rings (SSSR count). The van der Waals surface area contributed by atoms with E-state index < -0.39 is 0 Å². The van der Waals surface area contributed by atoms with Crippen molar-refractivity contribution < 1.29 is 4.79 Å². The van der Waals surface area contributed by atoms with Gasteiger partial charge in [-0.3, -0.25) is 14.2 Å². The Labute approximate surface area is 245 Å². The molecule has 42 heavy (non-hydrogen) atoms. The fourth-order valence-electron chi connectivity index (χ4n) is 4.21. The van der Waals surface area contributed by atoms with Crippen molar-refractivity contribution in [3.05, 3.63) is 124 Å². The number of carbonyl (C=O) groups is 1. The first-order chi connectivity index (χ1) is 20.5. The highest BCUT2D eigenvalue weighted by atomic mass is 16.1. The predicted molar refractivity (Wildman–Crippen MR) is 174 cm³/mol. The molecule has 0 unspecified atom stereocenters. The Morgan fingerprint density at radius 3 is 2.24 bits per heavy atom. The van der Waals surface area contributed by atoms with Crippen LogP contribution < -0.4 is 17.0 Å². The molecule has 0 saturated carbocycles. The van der Waals surface area contributed by atoms with Crippen LogP contribution in [-0.2, 0) is 13.5 Å². The normalized spacial score (nSPS) is 10.7. The highest BCUT2D eigenvalue weighted by Gasteiger charge is 2.14. The van der Waals surface area contributed by atoms with Gasteiger partial charge in [0.15, 0.2) is 17.9 Å². The summed E-state index contributed by atoms with van der Waals surface area (Å²) < 4.78 is 3.17. The maximum atomic E-state index is 13.4. The van der Waals surface area contributed by atoms with E-state index in [1.54, 1.807) is 11.6 Å². The van der Waals surface area contributed by atoms with E-state index in [2.05, 4.69) is 22.4 Å². The molecule has 0 radical (unpaired) electrons. The third-order valence-corrected chi connectivity index (χ3v) is 6.09. The lowest BCUT2D eigenvalue weighted by Crippen LogP contribution is -2.24. The molecule has 0 atom stereocenters. The highest BCUT2D eigenvalue weighted by molar-refractivity contribution is 5.91. The molecule has 214 valence electrons. The molecular formula is C33H35N7O2. The minimum atomic E-state index is -0.0311. The average Bonchev–Trinajstić information content (AvgIpc) is 3.31. The van der Waals surface area contributed by atoms with Crippen LogP contribution in [0.4, 0.5) is 11.6 Å². The Kier molecular flexibility index (Phi) is 11.4. The predicted octanol–water partition coefficient (Wildman–Crippen LogP) is 5.40. The number of aromatic nitrogens is 4. The number of aldehydes is 1. The van der Waals surface area contributed by atoms with Crippen LogP contribution in [0, 0.1) is 0 Å².